The average Bonchev–Trinajstić information content (AvgIpc) is 2.46. The lowest BCUT2D eigenvalue weighted by molar-refractivity contribution is 0.647. The standard InChI is InChI=1S/C15H12BrN3O/c16-13-6-5-10(7-14(13)17)9-19-15(20)12-4-2-1-3-11(12)8-18-19/h1-8H,9,17H2. The summed E-state index contributed by atoms with van der Waals surface area (Å²) < 4.78 is 2.30. The Bertz CT molecular complexity index is 842. The number of anilines is 1. The second-order valence-electron chi connectivity index (χ2n) is 4.55. The molecule has 4 nitrogen and oxygen atoms in total. The molecule has 5 heteroatoms. The normalized spacial score (nSPS) is 10.8. The average molecular weight is 330 g/mol. The topological polar surface area (TPSA) is 60.9 Å². The van der Waals surface area contributed by atoms with Gasteiger partial charge in [-0.2, -0.15) is 5.10 Å². The number of halogens is 1. The second kappa shape index (κ2) is 5.09. The molecule has 20 heavy (non-hydrogen) atoms. The van der Waals surface area contributed by atoms with E-state index in [0.29, 0.717) is 17.6 Å². The Kier molecular flexibility index (Phi) is 3.28. The molecule has 0 fully saturated rings. The molecule has 2 N–H and O–H groups in total. The van der Waals surface area contributed by atoms with Crippen molar-refractivity contribution >= 4 is 32.4 Å². The van der Waals surface area contributed by atoms with Crippen LogP contribution in [0.25, 0.3) is 10.8 Å². The quantitative estimate of drug-likeness (QED) is 0.735. The van der Waals surface area contributed by atoms with Gasteiger partial charge < -0.3 is 5.73 Å². The molecular weight excluding hydrogens is 318 g/mol. The van der Waals surface area contributed by atoms with Crippen LogP contribution in [-0.2, 0) is 6.54 Å². The van der Waals surface area contributed by atoms with Gasteiger partial charge in [0.05, 0.1) is 18.1 Å². The second-order valence-corrected chi connectivity index (χ2v) is 5.40. The van der Waals surface area contributed by atoms with E-state index in [-0.39, 0.29) is 5.56 Å². The third-order valence-electron chi connectivity index (χ3n) is 3.15. The third kappa shape index (κ3) is 2.32. The number of nitrogens with zero attached hydrogens (tertiary/aromatic N) is 2. The van der Waals surface area contributed by atoms with E-state index in [0.717, 1.165) is 15.4 Å². The molecule has 0 saturated carbocycles. The molecule has 0 radical (unpaired) electrons. The number of rotatable bonds is 2. The molecule has 2 aromatic carbocycles. The van der Waals surface area contributed by atoms with Crippen molar-refractivity contribution in [2.45, 2.75) is 6.54 Å². The van der Waals surface area contributed by atoms with E-state index in [2.05, 4.69) is 21.0 Å². The van der Waals surface area contributed by atoms with Crippen LogP contribution in [0.1, 0.15) is 5.56 Å². The maximum absolute atomic E-state index is 12.3. The zero-order chi connectivity index (χ0) is 14.1. The summed E-state index contributed by atoms with van der Waals surface area (Å²) in [6.07, 6.45) is 1.71. The van der Waals surface area contributed by atoms with Crippen molar-refractivity contribution < 1.29 is 0 Å². The Morgan fingerprint density at radius 2 is 2.00 bits per heavy atom. The van der Waals surface area contributed by atoms with Crippen molar-refractivity contribution in [3.63, 3.8) is 0 Å². The smallest absolute Gasteiger partial charge is 0.274 e. The molecule has 100 valence electrons. The fourth-order valence-corrected chi connectivity index (χ4v) is 2.35. The van der Waals surface area contributed by atoms with Gasteiger partial charge in [-0.3, -0.25) is 4.79 Å². The fourth-order valence-electron chi connectivity index (χ4n) is 2.10. The van der Waals surface area contributed by atoms with E-state index in [1.807, 2.05) is 42.5 Å². The number of nitrogens with two attached hydrogens (primary N) is 1. The van der Waals surface area contributed by atoms with Crippen LogP contribution >= 0.6 is 15.9 Å². The lowest BCUT2D eigenvalue weighted by atomic mass is 10.2. The van der Waals surface area contributed by atoms with E-state index < -0.39 is 0 Å². The Balaban J connectivity index is 2.04. The third-order valence-corrected chi connectivity index (χ3v) is 3.88. The van der Waals surface area contributed by atoms with Gasteiger partial charge in [0.2, 0.25) is 0 Å². The van der Waals surface area contributed by atoms with Gasteiger partial charge in [-0.15, -0.1) is 0 Å². The van der Waals surface area contributed by atoms with Crippen LogP contribution < -0.4 is 11.3 Å². The highest BCUT2D eigenvalue weighted by molar-refractivity contribution is 9.10. The number of hydrogen-bond acceptors (Lipinski definition) is 3. The van der Waals surface area contributed by atoms with Crippen LogP contribution in [-0.4, -0.2) is 9.78 Å². The molecule has 0 spiro atoms. The summed E-state index contributed by atoms with van der Waals surface area (Å²) in [6.45, 7) is 0.404. The molecule has 0 saturated heterocycles. The first-order chi connectivity index (χ1) is 9.65. The van der Waals surface area contributed by atoms with Crippen LogP contribution in [0.2, 0.25) is 0 Å². The predicted octanol–water partition coefficient (Wildman–Crippen LogP) is 2.79. The van der Waals surface area contributed by atoms with Crippen molar-refractivity contribution in [2.75, 3.05) is 5.73 Å². The predicted molar refractivity (Wildman–Crippen MR) is 83.7 cm³/mol. The first-order valence-corrected chi connectivity index (χ1v) is 6.93. The number of fused-ring (bicyclic) bond motifs is 1. The minimum atomic E-state index is -0.0930. The van der Waals surface area contributed by atoms with Gasteiger partial charge in [-0.25, -0.2) is 4.68 Å². The summed E-state index contributed by atoms with van der Waals surface area (Å²) in [5.74, 6) is 0. The van der Waals surface area contributed by atoms with E-state index in [1.54, 1.807) is 6.20 Å². The molecule has 3 rings (SSSR count). The fraction of sp³-hybridized carbons (Fsp3) is 0.0667. The Morgan fingerprint density at radius 3 is 2.80 bits per heavy atom. The van der Waals surface area contributed by atoms with E-state index in [4.69, 9.17) is 5.73 Å². The molecule has 0 aliphatic rings. The van der Waals surface area contributed by atoms with Gasteiger partial charge in [0, 0.05) is 15.5 Å². The highest BCUT2D eigenvalue weighted by Crippen LogP contribution is 2.20. The molecule has 0 atom stereocenters. The van der Waals surface area contributed by atoms with Crippen molar-refractivity contribution in [3.05, 3.63) is 69.1 Å². The zero-order valence-corrected chi connectivity index (χ0v) is 12.2. The van der Waals surface area contributed by atoms with Crippen LogP contribution in [0.5, 0.6) is 0 Å². The van der Waals surface area contributed by atoms with Crippen molar-refractivity contribution in [3.8, 4) is 0 Å². The van der Waals surface area contributed by atoms with E-state index in [9.17, 15) is 4.79 Å². The summed E-state index contributed by atoms with van der Waals surface area (Å²) in [5.41, 5.74) is 7.34. The van der Waals surface area contributed by atoms with Crippen molar-refractivity contribution in [1.29, 1.82) is 0 Å². The highest BCUT2D eigenvalue weighted by atomic mass is 79.9. The zero-order valence-electron chi connectivity index (χ0n) is 10.6. The van der Waals surface area contributed by atoms with E-state index >= 15 is 0 Å². The van der Waals surface area contributed by atoms with Gasteiger partial charge in [0.15, 0.2) is 0 Å². The van der Waals surface area contributed by atoms with Crippen LogP contribution in [0.3, 0.4) is 0 Å². The lowest BCUT2D eigenvalue weighted by Gasteiger charge is -2.07. The number of aromatic nitrogens is 2. The minimum Gasteiger partial charge on any atom is -0.398 e. The Morgan fingerprint density at radius 1 is 1.20 bits per heavy atom. The molecule has 1 aromatic heterocycles. The lowest BCUT2D eigenvalue weighted by Crippen LogP contribution is -2.23. The maximum Gasteiger partial charge on any atom is 0.274 e. The Hall–Kier alpha value is -2.14. The van der Waals surface area contributed by atoms with Gasteiger partial charge in [0.25, 0.3) is 5.56 Å². The molecule has 0 amide bonds. The number of nitrogen functional groups attached to an aromatic ring is 1. The first-order valence-electron chi connectivity index (χ1n) is 6.14. The summed E-state index contributed by atoms with van der Waals surface area (Å²) in [7, 11) is 0. The molecule has 0 unspecified atom stereocenters. The Labute approximate surface area is 124 Å². The van der Waals surface area contributed by atoms with Crippen molar-refractivity contribution in [1.82, 2.24) is 9.78 Å². The van der Waals surface area contributed by atoms with Crippen molar-refractivity contribution in [2.24, 2.45) is 0 Å². The summed E-state index contributed by atoms with van der Waals surface area (Å²) in [4.78, 5) is 12.3. The SMILES string of the molecule is Nc1cc(Cn2ncc3ccccc3c2=O)ccc1Br. The first kappa shape index (κ1) is 12.9. The molecule has 1 heterocycles. The minimum absolute atomic E-state index is 0.0930. The summed E-state index contributed by atoms with van der Waals surface area (Å²) >= 11 is 3.35. The van der Waals surface area contributed by atoms with Crippen LogP contribution in [0.4, 0.5) is 5.69 Å². The number of hydrogen-bond donors (Lipinski definition) is 1. The van der Waals surface area contributed by atoms with Crippen LogP contribution in [0.15, 0.2) is 57.9 Å². The molecular formula is C15H12BrN3O. The summed E-state index contributed by atoms with van der Waals surface area (Å²) in [6, 6.07) is 13.1. The molecule has 3 aromatic rings. The monoisotopic (exact) mass is 329 g/mol. The van der Waals surface area contributed by atoms with Gasteiger partial charge in [-0.1, -0.05) is 24.3 Å². The van der Waals surface area contributed by atoms with Crippen LogP contribution in [0, 0.1) is 0 Å². The number of benzene rings is 2. The summed E-state index contributed by atoms with van der Waals surface area (Å²) in [5, 5.41) is 5.73. The largest absolute Gasteiger partial charge is 0.398 e. The highest BCUT2D eigenvalue weighted by Gasteiger charge is 2.05. The molecule has 0 bridgehead atoms. The van der Waals surface area contributed by atoms with Gasteiger partial charge >= 0.3 is 0 Å². The van der Waals surface area contributed by atoms with Gasteiger partial charge in [-0.05, 0) is 39.7 Å². The molecule has 0 aliphatic carbocycles. The molecule has 0 aliphatic heterocycles. The maximum atomic E-state index is 12.3. The van der Waals surface area contributed by atoms with Gasteiger partial charge in [0.1, 0.15) is 0 Å². The van der Waals surface area contributed by atoms with E-state index in [1.165, 1.54) is 4.68 Å².